The lowest BCUT2D eigenvalue weighted by atomic mass is 10.1. The van der Waals surface area contributed by atoms with E-state index in [4.69, 9.17) is 11.6 Å². The Hall–Kier alpha value is -2.09. The summed E-state index contributed by atoms with van der Waals surface area (Å²) in [5, 5.41) is 13.9. The van der Waals surface area contributed by atoms with Gasteiger partial charge in [0.15, 0.2) is 0 Å². The number of aromatic nitrogens is 2. The number of nitrogens with zero attached hydrogens (tertiary/aromatic N) is 1. The normalized spacial score (nSPS) is 11.7. The minimum atomic E-state index is -4.69. The van der Waals surface area contributed by atoms with E-state index < -0.39 is 45.5 Å². The molecule has 1 aromatic carbocycles. The van der Waals surface area contributed by atoms with Crippen molar-refractivity contribution in [3.05, 3.63) is 46.0 Å². The lowest BCUT2D eigenvalue weighted by molar-refractivity contribution is -0.141. The summed E-state index contributed by atoms with van der Waals surface area (Å²) < 4.78 is 50.1. The number of alkyl halides is 3. The molecule has 0 saturated heterocycles. The third-order valence-corrected chi connectivity index (χ3v) is 2.69. The molecule has 0 aliphatic rings. The van der Waals surface area contributed by atoms with Crippen molar-refractivity contribution in [2.24, 2.45) is 0 Å². The van der Waals surface area contributed by atoms with Crippen molar-refractivity contribution in [1.29, 1.82) is 0 Å². The predicted octanol–water partition coefficient (Wildman–Crippen LogP) is 3.16. The van der Waals surface area contributed by atoms with E-state index in [9.17, 15) is 27.5 Å². The first-order chi connectivity index (χ1) is 9.20. The van der Waals surface area contributed by atoms with Gasteiger partial charge in [0.2, 0.25) is 5.78 Å². The number of benzene rings is 1. The highest BCUT2D eigenvalue weighted by Gasteiger charge is 2.34. The van der Waals surface area contributed by atoms with Crippen molar-refractivity contribution in [2.45, 2.75) is 6.18 Å². The number of hydrogen-bond donors (Lipinski definition) is 2. The second-order valence-corrected chi connectivity index (χ2v) is 4.18. The van der Waals surface area contributed by atoms with Gasteiger partial charge in [0.05, 0.1) is 10.6 Å². The Morgan fingerprint density at radius 1 is 1.30 bits per heavy atom. The molecule has 0 fully saturated rings. The lowest BCUT2D eigenvalue weighted by Crippen LogP contribution is -2.05. The Bertz CT molecular complexity index is 682. The fourth-order valence-electron chi connectivity index (χ4n) is 1.44. The van der Waals surface area contributed by atoms with Crippen molar-refractivity contribution in [2.75, 3.05) is 0 Å². The number of aromatic amines is 1. The van der Waals surface area contributed by atoms with Crippen molar-refractivity contribution >= 4 is 17.4 Å². The summed E-state index contributed by atoms with van der Waals surface area (Å²) in [6.45, 7) is 0. The smallest absolute Gasteiger partial charge is 0.432 e. The first kappa shape index (κ1) is 14.3. The zero-order chi connectivity index (χ0) is 15.1. The van der Waals surface area contributed by atoms with Gasteiger partial charge in [0, 0.05) is 6.07 Å². The number of aromatic hydroxyl groups is 1. The molecule has 0 unspecified atom stereocenters. The molecule has 0 aliphatic heterocycles. The fraction of sp³-hybridized carbons (Fsp3) is 0.0909. The summed E-state index contributed by atoms with van der Waals surface area (Å²) in [7, 11) is 0. The highest BCUT2D eigenvalue weighted by Crippen LogP contribution is 2.30. The van der Waals surface area contributed by atoms with E-state index in [0.29, 0.717) is 12.1 Å². The number of rotatable bonds is 2. The summed E-state index contributed by atoms with van der Waals surface area (Å²) >= 11 is 5.45. The van der Waals surface area contributed by atoms with Gasteiger partial charge < -0.3 is 5.11 Å². The van der Waals surface area contributed by atoms with Gasteiger partial charge in [-0.3, -0.25) is 9.89 Å². The summed E-state index contributed by atoms with van der Waals surface area (Å²) in [6, 6.07) is 1.89. The Labute approximate surface area is 114 Å². The van der Waals surface area contributed by atoms with Crippen LogP contribution < -0.4 is 0 Å². The van der Waals surface area contributed by atoms with Crippen LogP contribution in [-0.2, 0) is 6.18 Å². The van der Waals surface area contributed by atoms with Gasteiger partial charge >= 0.3 is 6.18 Å². The molecule has 0 amide bonds. The van der Waals surface area contributed by atoms with Gasteiger partial charge in [-0.25, -0.2) is 4.39 Å². The third kappa shape index (κ3) is 2.60. The standard InChI is InChI=1S/C11H5ClF4N2O2/c12-5-1-4(8(19)2-6(5)13)10(20)7-3-9(18-17-7)11(14,15)16/h1-3,19H,(H,17,18). The topological polar surface area (TPSA) is 66.0 Å². The van der Waals surface area contributed by atoms with Gasteiger partial charge in [0.25, 0.3) is 0 Å². The van der Waals surface area contributed by atoms with Crippen LogP contribution in [0.4, 0.5) is 17.6 Å². The van der Waals surface area contributed by atoms with Gasteiger partial charge in [-0.2, -0.15) is 18.3 Å². The number of hydrogen-bond acceptors (Lipinski definition) is 3. The van der Waals surface area contributed by atoms with Crippen molar-refractivity contribution in [3.8, 4) is 5.75 Å². The Balaban J connectivity index is 2.42. The van der Waals surface area contributed by atoms with Gasteiger partial charge in [-0.1, -0.05) is 11.6 Å². The van der Waals surface area contributed by atoms with Crippen LogP contribution in [0.3, 0.4) is 0 Å². The zero-order valence-corrected chi connectivity index (χ0v) is 10.2. The highest BCUT2D eigenvalue weighted by molar-refractivity contribution is 6.31. The maximum atomic E-state index is 13.0. The minimum absolute atomic E-state index is 0.447. The molecular weight excluding hydrogens is 304 g/mol. The Morgan fingerprint density at radius 2 is 1.95 bits per heavy atom. The van der Waals surface area contributed by atoms with Crippen LogP contribution in [0.5, 0.6) is 5.75 Å². The van der Waals surface area contributed by atoms with Crippen LogP contribution in [0, 0.1) is 5.82 Å². The molecule has 20 heavy (non-hydrogen) atoms. The van der Waals surface area contributed by atoms with Gasteiger partial charge in [-0.15, -0.1) is 0 Å². The quantitative estimate of drug-likeness (QED) is 0.661. The molecule has 106 valence electrons. The number of nitrogens with one attached hydrogen (secondary N) is 1. The predicted molar refractivity (Wildman–Crippen MR) is 60.1 cm³/mol. The molecule has 2 N–H and O–H groups in total. The molecule has 0 radical (unpaired) electrons. The lowest BCUT2D eigenvalue weighted by Gasteiger charge is -2.03. The highest BCUT2D eigenvalue weighted by atomic mass is 35.5. The molecule has 2 rings (SSSR count). The summed E-state index contributed by atoms with van der Waals surface area (Å²) in [6.07, 6.45) is -4.69. The maximum Gasteiger partial charge on any atom is 0.432 e. The minimum Gasteiger partial charge on any atom is -0.507 e. The van der Waals surface area contributed by atoms with Crippen LogP contribution in [-0.4, -0.2) is 21.1 Å². The van der Waals surface area contributed by atoms with Crippen LogP contribution in [0.1, 0.15) is 21.7 Å². The summed E-state index contributed by atoms with van der Waals surface area (Å²) in [5.74, 6) is -2.72. The first-order valence-corrected chi connectivity index (χ1v) is 5.43. The third-order valence-electron chi connectivity index (χ3n) is 2.40. The molecule has 0 atom stereocenters. The molecule has 1 heterocycles. The van der Waals surface area contributed by atoms with E-state index in [1.807, 2.05) is 0 Å². The second kappa shape index (κ2) is 4.78. The molecule has 2 aromatic rings. The van der Waals surface area contributed by atoms with E-state index in [1.54, 1.807) is 5.10 Å². The Kier molecular flexibility index (Phi) is 3.43. The number of phenols is 1. The summed E-state index contributed by atoms with van der Waals surface area (Å²) in [5.41, 5.74) is -2.24. The van der Waals surface area contributed by atoms with E-state index in [2.05, 4.69) is 5.10 Å². The number of carbonyl (C=O) groups is 1. The molecule has 4 nitrogen and oxygen atoms in total. The molecule has 1 aromatic heterocycles. The molecule has 9 heteroatoms. The molecular formula is C11H5ClF4N2O2. The monoisotopic (exact) mass is 308 g/mol. The van der Waals surface area contributed by atoms with Crippen molar-refractivity contribution in [3.63, 3.8) is 0 Å². The van der Waals surface area contributed by atoms with Crippen molar-refractivity contribution in [1.82, 2.24) is 10.2 Å². The van der Waals surface area contributed by atoms with Gasteiger partial charge in [-0.05, 0) is 12.1 Å². The largest absolute Gasteiger partial charge is 0.507 e. The first-order valence-electron chi connectivity index (χ1n) is 5.05. The van der Waals surface area contributed by atoms with E-state index in [0.717, 1.165) is 6.07 Å². The second-order valence-electron chi connectivity index (χ2n) is 3.78. The van der Waals surface area contributed by atoms with E-state index >= 15 is 0 Å². The number of ketones is 1. The fourth-order valence-corrected chi connectivity index (χ4v) is 1.60. The van der Waals surface area contributed by atoms with Crippen LogP contribution in [0.25, 0.3) is 0 Å². The number of halogens is 5. The molecule has 0 saturated carbocycles. The van der Waals surface area contributed by atoms with E-state index in [1.165, 1.54) is 0 Å². The average molecular weight is 309 g/mol. The van der Waals surface area contributed by atoms with Crippen LogP contribution in [0.2, 0.25) is 5.02 Å². The number of carbonyl (C=O) groups excluding carboxylic acids is 1. The molecule has 0 spiro atoms. The van der Waals surface area contributed by atoms with Crippen molar-refractivity contribution < 1.29 is 27.5 Å². The zero-order valence-electron chi connectivity index (χ0n) is 9.42. The van der Waals surface area contributed by atoms with E-state index in [-0.39, 0.29) is 0 Å². The maximum absolute atomic E-state index is 13.0. The van der Waals surface area contributed by atoms with Crippen LogP contribution >= 0.6 is 11.6 Å². The Morgan fingerprint density at radius 3 is 2.50 bits per heavy atom. The number of phenolic OH excluding ortho intramolecular Hbond substituents is 1. The molecule has 0 bridgehead atoms. The molecule has 0 aliphatic carbocycles. The SMILES string of the molecule is O=C(c1cc(C(F)(F)F)[nH]n1)c1cc(Cl)c(F)cc1O. The number of H-pyrrole nitrogens is 1. The van der Waals surface area contributed by atoms with Crippen LogP contribution in [0.15, 0.2) is 18.2 Å². The van der Waals surface area contributed by atoms with Gasteiger partial charge in [0.1, 0.15) is 23.0 Å². The average Bonchev–Trinajstić information content (AvgIpc) is 2.82. The summed E-state index contributed by atoms with van der Waals surface area (Å²) in [4.78, 5) is 11.9.